The quantitative estimate of drug-likeness (QED) is 0.606. The zero-order chi connectivity index (χ0) is 24.6. The summed E-state index contributed by atoms with van der Waals surface area (Å²) in [6.07, 6.45) is 1.82. The molecule has 4 rings (SSSR count). The van der Waals surface area contributed by atoms with Crippen LogP contribution in [0.15, 0.2) is 48.8 Å². The van der Waals surface area contributed by atoms with Crippen LogP contribution in [0.1, 0.15) is 38.4 Å². The Balaban J connectivity index is 1.54. The molecule has 1 aliphatic rings. The highest BCUT2D eigenvalue weighted by atomic mass is 19.1. The summed E-state index contributed by atoms with van der Waals surface area (Å²) in [7, 11) is 0. The molecule has 0 saturated carbocycles. The number of anilines is 1. The van der Waals surface area contributed by atoms with Crippen molar-refractivity contribution in [2.45, 2.75) is 51.2 Å². The minimum absolute atomic E-state index is 0.0491. The van der Waals surface area contributed by atoms with E-state index in [1.807, 2.05) is 26.8 Å². The first kappa shape index (κ1) is 23.4. The van der Waals surface area contributed by atoms with Crippen LogP contribution in [0.4, 0.5) is 19.7 Å². The highest BCUT2D eigenvalue weighted by Crippen LogP contribution is 2.28. The number of halogens is 1. The number of likely N-dealkylation sites (tertiary alicyclic amines) is 1. The maximum atomic E-state index is 14.4. The smallest absolute Gasteiger partial charge is 0.323 e. The first-order chi connectivity index (χ1) is 16.0. The predicted octanol–water partition coefficient (Wildman–Crippen LogP) is 4.02. The van der Waals surface area contributed by atoms with Gasteiger partial charge in [0.05, 0.1) is 23.8 Å². The molecule has 2 atom stereocenters. The van der Waals surface area contributed by atoms with Crippen molar-refractivity contribution in [1.82, 2.24) is 14.5 Å². The van der Waals surface area contributed by atoms with Crippen LogP contribution >= 0.6 is 0 Å². The molecule has 3 amide bonds. The van der Waals surface area contributed by atoms with E-state index in [4.69, 9.17) is 5.73 Å². The summed E-state index contributed by atoms with van der Waals surface area (Å²) in [4.78, 5) is 43.6. The van der Waals surface area contributed by atoms with Crippen LogP contribution in [0, 0.1) is 0 Å². The molecule has 2 aromatic heterocycles. The summed E-state index contributed by atoms with van der Waals surface area (Å²) in [5.74, 6) is -0.235. The van der Waals surface area contributed by atoms with Gasteiger partial charge >= 0.3 is 12.1 Å². The van der Waals surface area contributed by atoms with Gasteiger partial charge in [-0.3, -0.25) is 14.3 Å². The van der Waals surface area contributed by atoms with Gasteiger partial charge in [0.1, 0.15) is 6.17 Å². The van der Waals surface area contributed by atoms with Crippen molar-refractivity contribution in [3.8, 4) is 0 Å². The number of urea groups is 1. The molecule has 0 bridgehead atoms. The third-order valence-corrected chi connectivity index (χ3v) is 6.04. The number of alkyl halides is 1. The fraction of sp³-hybridized carbons (Fsp3) is 0.360. The molecule has 1 fully saturated rings. The molecule has 3 aromatic rings. The van der Waals surface area contributed by atoms with Gasteiger partial charge in [0, 0.05) is 41.7 Å². The van der Waals surface area contributed by atoms with E-state index in [1.165, 1.54) is 15.7 Å². The Morgan fingerprint density at radius 1 is 1.21 bits per heavy atom. The van der Waals surface area contributed by atoms with Crippen molar-refractivity contribution < 1.29 is 18.8 Å². The van der Waals surface area contributed by atoms with Crippen LogP contribution in [-0.4, -0.2) is 51.1 Å². The van der Waals surface area contributed by atoms with E-state index in [9.17, 15) is 18.8 Å². The Morgan fingerprint density at radius 2 is 1.94 bits per heavy atom. The summed E-state index contributed by atoms with van der Waals surface area (Å²) in [6, 6.07) is 8.43. The van der Waals surface area contributed by atoms with Crippen LogP contribution < -0.4 is 11.1 Å². The van der Waals surface area contributed by atoms with E-state index < -0.39 is 24.3 Å². The lowest BCUT2D eigenvalue weighted by atomic mass is 9.90. The first-order valence-corrected chi connectivity index (χ1v) is 11.1. The summed E-state index contributed by atoms with van der Waals surface area (Å²) < 4.78 is 15.6. The van der Waals surface area contributed by atoms with E-state index in [0.717, 1.165) is 11.3 Å². The number of carbonyl (C=O) groups is 3. The lowest BCUT2D eigenvalue weighted by molar-refractivity contribution is -0.121. The number of aromatic nitrogens is 2. The zero-order valence-corrected chi connectivity index (χ0v) is 19.4. The summed E-state index contributed by atoms with van der Waals surface area (Å²) in [5.41, 5.74) is 7.79. The number of Topliss-reactive ketones (excluding diaryl/α,β-unsaturated/α-hetero) is 1. The number of amides is 3. The third kappa shape index (κ3) is 4.64. The van der Waals surface area contributed by atoms with E-state index >= 15 is 0 Å². The lowest BCUT2D eigenvalue weighted by Crippen LogP contribution is -2.43. The number of fused-ring (bicyclic) bond motifs is 1. The molecule has 9 heteroatoms. The van der Waals surface area contributed by atoms with Gasteiger partial charge in [-0.2, -0.15) is 0 Å². The number of primary amides is 1. The second-order valence-electron chi connectivity index (χ2n) is 9.64. The van der Waals surface area contributed by atoms with Crippen LogP contribution in [-0.2, 0) is 16.6 Å². The number of hydrogen-bond donors (Lipinski definition) is 2. The van der Waals surface area contributed by atoms with Crippen LogP contribution in [0.2, 0.25) is 0 Å². The lowest BCUT2D eigenvalue weighted by Gasteiger charge is -2.24. The predicted molar refractivity (Wildman–Crippen MR) is 128 cm³/mol. The molecule has 0 unspecified atom stereocenters. The molecule has 34 heavy (non-hydrogen) atoms. The standard InChI is InChI=1S/C25H28FN5O3/c1-25(2,3)22-11-15(8-9-28-22)10-21(32)20-12-16(26)13-31(20)24(34)29-18-14-30(23(27)33)19-7-5-4-6-17(18)19/h4-9,11,14,16,20H,10,12-13H2,1-3H3,(H2,27,33)(H,29,34)/t16-,20+/m1/s1. The number of para-hydroxylation sites is 1. The molecule has 8 nitrogen and oxygen atoms in total. The monoisotopic (exact) mass is 465 g/mol. The van der Waals surface area contributed by atoms with E-state index in [1.54, 1.807) is 36.5 Å². The number of rotatable bonds is 4. The molecule has 1 aliphatic heterocycles. The average Bonchev–Trinajstić information content (AvgIpc) is 3.35. The number of benzene rings is 1. The second-order valence-corrected chi connectivity index (χ2v) is 9.64. The summed E-state index contributed by atoms with van der Waals surface area (Å²) in [6.45, 7) is 5.92. The van der Waals surface area contributed by atoms with Gasteiger partial charge in [0.15, 0.2) is 5.78 Å². The molecule has 1 aromatic carbocycles. The molecule has 0 spiro atoms. The highest BCUT2D eigenvalue weighted by molar-refractivity contribution is 6.05. The van der Waals surface area contributed by atoms with E-state index in [0.29, 0.717) is 16.6 Å². The van der Waals surface area contributed by atoms with Gasteiger partial charge in [-0.1, -0.05) is 39.0 Å². The Bertz CT molecular complexity index is 1260. The molecular formula is C25H28FN5O3. The molecule has 0 radical (unpaired) electrons. The van der Waals surface area contributed by atoms with E-state index in [-0.39, 0.29) is 30.6 Å². The summed E-state index contributed by atoms with van der Waals surface area (Å²) in [5, 5.41) is 3.34. The Hall–Kier alpha value is -3.75. The third-order valence-electron chi connectivity index (χ3n) is 6.04. The molecule has 3 N–H and O–H groups in total. The normalized spacial score (nSPS) is 18.3. The van der Waals surface area contributed by atoms with Crippen LogP contribution in [0.3, 0.4) is 0 Å². The Morgan fingerprint density at radius 3 is 2.65 bits per heavy atom. The van der Waals surface area contributed by atoms with Crippen molar-refractivity contribution in [1.29, 1.82) is 0 Å². The van der Waals surface area contributed by atoms with Crippen molar-refractivity contribution in [2.75, 3.05) is 11.9 Å². The number of hydrogen-bond acceptors (Lipinski definition) is 4. The topological polar surface area (TPSA) is 110 Å². The number of nitrogens with one attached hydrogen (secondary N) is 1. The van der Waals surface area contributed by atoms with Crippen LogP contribution in [0.5, 0.6) is 0 Å². The molecule has 0 aliphatic carbocycles. The van der Waals surface area contributed by atoms with Crippen LogP contribution in [0.25, 0.3) is 10.9 Å². The second kappa shape index (κ2) is 8.89. The number of nitrogens with two attached hydrogens (primary N) is 1. The van der Waals surface area contributed by atoms with Gasteiger partial charge in [-0.25, -0.2) is 14.0 Å². The average molecular weight is 466 g/mol. The van der Waals surface area contributed by atoms with Crippen molar-refractivity contribution in [3.05, 3.63) is 60.0 Å². The first-order valence-electron chi connectivity index (χ1n) is 11.1. The SMILES string of the molecule is CC(C)(C)c1cc(CC(=O)[C@@H]2C[C@@H](F)CN2C(=O)Nc2cn(C(N)=O)c3ccccc23)ccn1. The largest absolute Gasteiger partial charge is 0.351 e. The maximum Gasteiger partial charge on any atom is 0.323 e. The zero-order valence-electron chi connectivity index (χ0n) is 19.4. The van der Waals surface area contributed by atoms with Gasteiger partial charge in [-0.15, -0.1) is 0 Å². The minimum Gasteiger partial charge on any atom is -0.351 e. The molecule has 3 heterocycles. The Kier molecular flexibility index (Phi) is 6.12. The minimum atomic E-state index is -1.30. The number of pyridine rings is 1. The van der Waals surface area contributed by atoms with Crippen molar-refractivity contribution in [2.24, 2.45) is 5.73 Å². The van der Waals surface area contributed by atoms with E-state index in [2.05, 4.69) is 10.3 Å². The van der Waals surface area contributed by atoms with Gasteiger partial charge in [0.2, 0.25) is 0 Å². The van der Waals surface area contributed by atoms with Crippen molar-refractivity contribution >= 4 is 34.4 Å². The fourth-order valence-electron chi connectivity index (χ4n) is 4.28. The number of nitrogens with zero attached hydrogens (tertiary/aromatic N) is 3. The summed E-state index contributed by atoms with van der Waals surface area (Å²) >= 11 is 0. The van der Waals surface area contributed by atoms with Gasteiger partial charge in [0.25, 0.3) is 0 Å². The number of ketones is 1. The molecular weight excluding hydrogens is 437 g/mol. The Labute approximate surface area is 196 Å². The van der Waals surface area contributed by atoms with Gasteiger partial charge in [-0.05, 0) is 23.8 Å². The maximum absolute atomic E-state index is 14.4. The molecule has 178 valence electrons. The fourth-order valence-corrected chi connectivity index (χ4v) is 4.28. The van der Waals surface area contributed by atoms with Crippen molar-refractivity contribution in [3.63, 3.8) is 0 Å². The van der Waals surface area contributed by atoms with Gasteiger partial charge < -0.3 is 16.0 Å². The number of carbonyl (C=O) groups excluding carboxylic acids is 3. The highest BCUT2D eigenvalue weighted by Gasteiger charge is 2.39. The molecule has 1 saturated heterocycles.